The molecule has 0 bridgehead atoms. The molecule has 5 aromatic carbocycles. The number of hydrogen-bond acceptors (Lipinski definition) is 0. The Morgan fingerprint density at radius 3 is 1.48 bits per heavy atom. The van der Waals surface area contributed by atoms with Gasteiger partial charge in [-0.1, -0.05) is 89.9 Å². The van der Waals surface area contributed by atoms with Gasteiger partial charge in [-0.3, -0.25) is 0 Å². The molecule has 0 unspecified atom stereocenters. The van der Waals surface area contributed by atoms with Gasteiger partial charge in [-0.25, -0.2) is 0 Å². The predicted octanol–water partition coefficient (Wildman–Crippen LogP) is 8.45. The Morgan fingerprint density at radius 1 is 0.517 bits per heavy atom. The zero-order valence-electron chi connectivity index (χ0n) is 15.2. The number of rotatable bonds is 0. The number of aromatic nitrogens is 1. The number of fused-ring (bicyclic) bond motifs is 8. The van der Waals surface area contributed by atoms with Crippen LogP contribution in [-0.4, -0.2) is 4.40 Å². The first-order valence-electron chi connectivity index (χ1n) is 9.60. The highest BCUT2D eigenvalue weighted by Crippen LogP contribution is 2.46. The zero-order valence-corrected chi connectivity index (χ0v) is 16.7. The van der Waals surface area contributed by atoms with E-state index in [0.29, 0.717) is 0 Å². The summed E-state index contributed by atoms with van der Waals surface area (Å²) in [6.45, 7) is 0. The van der Waals surface area contributed by atoms with Crippen molar-refractivity contribution in [2.45, 2.75) is 0 Å². The molecule has 0 saturated carbocycles. The van der Waals surface area contributed by atoms with Crippen LogP contribution >= 0.6 is 23.2 Å². The summed E-state index contributed by atoms with van der Waals surface area (Å²) in [4.78, 5) is 0. The maximum atomic E-state index is 6.96. The third-order valence-corrected chi connectivity index (χ3v) is 7.00. The molecule has 0 radical (unpaired) electrons. The molecule has 7 rings (SSSR count). The zero-order chi connectivity index (χ0) is 19.3. The van der Waals surface area contributed by atoms with Crippen LogP contribution in [0.3, 0.4) is 0 Å². The molecule has 2 heterocycles. The molecule has 0 amide bonds. The molecule has 136 valence electrons. The summed E-state index contributed by atoms with van der Waals surface area (Å²) in [6.07, 6.45) is 0. The second-order valence-electron chi connectivity index (χ2n) is 7.65. The summed E-state index contributed by atoms with van der Waals surface area (Å²) in [7, 11) is 0. The van der Waals surface area contributed by atoms with E-state index in [4.69, 9.17) is 23.2 Å². The van der Waals surface area contributed by atoms with Crippen molar-refractivity contribution in [3.05, 3.63) is 88.9 Å². The maximum absolute atomic E-state index is 6.96. The van der Waals surface area contributed by atoms with Crippen LogP contribution in [0.25, 0.3) is 59.6 Å². The van der Waals surface area contributed by atoms with Crippen LogP contribution in [0.5, 0.6) is 0 Å². The molecule has 3 heteroatoms. The number of halogens is 2. The van der Waals surface area contributed by atoms with Crippen molar-refractivity contribution in [2.75, 3.05) is 0 Å². The lowest BCUT2D eigenvalue weighted by molar-refractivity contribution is 1.38. The largest absolute Gasteiger partial charge is 0.308 e. The first-order valence-corrected chi connectivity index (χ1v) is 10.4. The predicted molar refractivity (Wildman–Crippen MR) is 126 cm³/mol. The molecule has 2 aromatic heterocycles. The summed E-state index contributed by atoms with van der Waals surface area (Å²) < 4.78 is 2.34. The molecule has 0 aliphatic rings. The minimum atomic E-state index is 0.814. The second kappa shape index (κ2) is 5.33. The van der Waals surface area contributed by atoms with Crippen molar-refractivity contribution in [3.8, 4) is 0 Å². The third kappa shape index (κ3) is 1.83. The Balaban J connectivity index is 1.87. The first kappa shape index (κ1) is 15.9. The normalized spacial score (nSPS) is 12.5. The van der Waals surface area contributed by atoms with Crippen LogP contribution in [0.4, 0.5) is 0 Å². The average molecular weight is 410 g/mol. The number of benzene rings is 5. The number of nitrogens with zero attached hydrogens (tertiary/aromatic N) is 1. The average Bonchev–Trinajstić information content (AvgIpc) is 3.26. The maximum Gasteiger partial charge on any atom is 0.0621 e. The molecular formula is C26H13Cl2N. The number of hydrogen-bond donors (Lipinski definition) is 0. The van der Waals surface area contributed by atoms with Crippen LogP contribution in [0.15, 0.2) is 78.9 Å². The Kier molecular flexibility index (Phi) is 2.91. The van der Waals surface area contributed by atoms with Gasteiger partial charge in [0.05, 0.1) is 26.6 Å². The van der Waals surface area contributed by atoms with Gasteiger partial charge in [0.15, 0.2) is 0 Å². The van der Waals surface area contributed by atoms with E-state index in [9.17, 15) is 0 Å². The molecule has 0 aliphatic heterocycles. The minimum Gasteiger partial charge on any atom is -0.308 e. The summed E-state index contributed by atoms with van der Waals surface area (Å²) >= 11 is 13.9. The lowest BCUT2D eigenvalue weighted by Crippen LogP contribution is -1.84. The topological polar surface area (TPSA) is 4.41 Å². The fraction of sp³-hybridized carbons (Fsp3) is 0. The monoisotopic (exact) mass is 409 g/mol. The Labute approximate surface area is 176 Å². The summed E-state index contributed by atoms with van der Waals surface area (Å²) in [5.74, 6) is 0. The van der Waals surface area contributed by atoms with Crippen molar-refractivity contribution in [1.29, 1.82) is 0 Å². The highest BCUT2D eigenvalue weighted by molar-refractivity contribution is 6.46. The van der Waals surface area contributed by atoms with Crippen LogP contribution < -0.4 is 0 Å². The summed E-state index contributed by atoms with van der Waals surface area (Å²) in [5.41, 5.74) is 3.44. The van der Waals surface area contributed by atoms with Crippen molar-refractivity contribution in [1.82, 2.24) is 4.40 Å². The van der Waals surface area contributed by atoms with E-state index >= 15 is 0 Å². The molecule has 0 saturated heterocycles. The molecule has 29 heavy (non-hydrogen) atoms. The van der Waals surface area contributed by atoms with Crippen LogP contribution in [-0.2, 0) is 0 Å². The van der Waals surface area contributed by atoms with Gasteiger partial charge in [-0.15, -0.1) is 0 Å². The van der Waals surface area contributed by atoms with Gasteiger partial charge < -0.3 is 4.40 Å². The van der Waals surface area contributed by atoms with Gasteiger partial charge in [0.2, 0.25) is 0 Å². The van der Waals surface area contributed by atoms with E-state index in [1.54, 1.807) is 0 Å². The highest BCUT2D eigenvalue weighted by Gasteiger charge is 2.22. The Bertz CT molecular complexity index is 1650. The van der Waals surface area contributed by atoms with Crippen molar-refractivity contribution >= 4 is 82.8 Å². The van der Waals surface area contributed by atoms with E-state index in [2.05, 4.69) is 71.1 Å². The Hall–Kier alpha value is -3.00. The lowest BCUT2D eigenvalue weighted by atomic mass is 10.0. The van der Waals surface area contributed by atoms with E-state index in [1.807, 2.05) is 12.1 Å². The van der Waals surface area contributed by atoms with Gasteiger partial charge in [-0.2, -0.15) is 0 Å². The molecule has 0 fully saturated rings. The highest BCUT2D eigenvalue weighted by atomic mass is 35.5. The van der Waals surface area contributed by atoms with E-state index in [1.165, 1.54) is 16.3 Å². The van der Waals surface area contributed by atoms with Crippen LogP contribution in [0.1, 0.15) is 0 Å². The quantitative estimate of drug-likeness (QED) is 0.236. The van der Waals surface area contributed by atoms with Crippen molar-refractivity contribution in [3.63, 3.8) is 0 Å². The second-order valence-corrected chi connectivity index (χ2v) is 8.40. The fourth-order valence-electron chi connectivity index (χ4n) is 5.00. The SMILES string of the molecule is Clc1c2ccccc2cc2c1c1cccc3c4c(Cl)c5ccccc5cc4n2c13. The van der Waals surface area contributed by atoms with Gasteiger partial charge in [0.1, 0.15) is 0 Å². The van der Waals surface area contributed by atoms with E-state index in [0.717, 1.165) is 53.4 Å². The van der Waals surface area contributed by atoms with Crippen molar-refractivity contribution < 1.29 is 0 Å². The molecule has 0 spiro atoms. The van der Waals surface area contributed by atoms with Gasteiger partial charge in [0.25, 0.3) is 0 Å². The summed E-state index contributed by atoms with van der Waals surface area (Å²) in [5, 5.41) is 10.6. The van der Waals surface area contributed by atoms with Crippen LogP contribution in [0.2, 0.25) is 10.0 Å². The Morgan fingerprint density at radius 2 is 0.966 bits per heavy atom. The molecule has 0 N–H and O–H groups in total. The smallest absolute Gasteiger partial charge is 0.0621 e. The number of para-hydroxylation sites is 1. The van der Waals surface area contributed by atoms with E-state index < -0.39 is 0 Å². The third-order valence-electron chi connectivity index (χ3n) is 6.21. The van der Waals surface area contributed by atoms with Crippen molar-refractivity contribution in [2.24, 2.45) is 0 Å². The molecule has 0 atom stereocenters. The van der Waals surface area contributed by atoms with Gasteiger partial charge in [0, 0.05) is 32.3 Å². The van der Waals surface area contributed by atoms with Gasteiger partial charge in [-0.05, 0) is 22.9 Å². The van der Waals surface area contributed by atoms with Crippen LogP contribution in [0, 0.1) is 0 Å². The summed E-state index contributed by atoms with van der Waals surface area (Å²) in [6, 6.07) is 27.5. The standard InChI is InChI=1S/C26H13Cl2N/c27-24-16-8-3-1-6-14(16)12-20-22(24)18-10-5-11-19-23-21(29(20)26(18)19)13-15-7-2-4-9-17(15)25(23)28/h1-13H. The van der Waals surface area contributed by atoms with E-state index in [-0.39, 0.29) is 0 Å². The molecule has 0 aliphatic carbocycles. The van der Waals surface area contributed by atoms with Gasteiger partial charge >= 0.3 is 0 Å². The molecule has 1 nitrogen and oxygen atoms in total. The minimum absolute atomic E-state index is 0.814. The fourth-order valence-corrected chi connectivity index (χ4v) is 5.74. The molecular weight excluding hydrogens is 397 g/mol. The first-order chi connectivity index (χ1) is 14.2. The molecule has 7 aromatic rings. The lowest BCUT2D eigenvalue weighted by Gasteiger charge is -2.07.